The summed E-state index contributed by atoms with van der Waals surface area (Å²) in [5.74, 6) is -1.32. The van der Waals surface area contributed by atoms with E-state index in [0.29, 0.717) is 24.9 Å². The van der Waals surface area contributed by atoms with Crippen LogP contribution in [-0.4, -0.2) is 41.4 Å². The summed E-state index contributed by atoms with van der Waals surface area (Å²) in [5.41, 5.74) is 6.92. The number of carbonyl (C=O) groups excluding carboxylic acids is 3. The molecule has 5 N–H and O–H groups in total. The highest BCUT2D eigenvalue weighted by Crippen LogP contribution is 2.12. The van der Waals surface area contributed by atoms with Crippen molar-refractivity contribution in [3.8, 4) is 0 Å². The summed E-state index contributed by atoms with van der Waals surface area (Å²) >= 11 is 0. The Bertz CT molecular complexity index is 646. The van der Waals surface area contributed by atoms with Gasteiger partial charge in [-0.1, -0.05) is 52.2 Å². The summed E-state index contributed by atoms with van der Waals surface area (Å²) in [5, 5.41) is 14.7. The first-order valence-corrected chi connectivity index (χ1v) is 9.91. The fourth-order valence-electron chi connectivity index (χ4n) is 2.81. The van der Waals surface area contributed by atoms with Crippen molar-refractivity contribution in [1.82, 2.24) is 10.6 Å². The Hall–Kier alpha value is -2.25. The monoisotopic (exact) mass is 391 g/mol. The van der Waals surface area contributed by atoms with Crippen LogP contribution in [0.3, 0.4) is 0 Å². The van der Waals surface area contributed by atoms with Crippen LogP contribution in [0.5, 0.6) is 0 Å². The number of hydrogen-bond donors (Lipinski definition) is 4. The number of aliphatic hydroxyl groups is 1. The molecule has 0 saturated carbocycles. The molecule has 0 radical (unpaired) electrons. The number of nitrogens with two attached hydrogens (primary N) is 1. The molecular formula is C21H33N3O4. The van der Waals surface area contributed by atoms with Gasteiger partial charge in [-0.2, -0.15) is 0 Å². The number of rotatable bonds is 12. The molecule has 3 atom stereocenters. The smallest absolute Gasteiger partial charge is 0.251 e. The van der Waals surface area contributed by atoms with E-state index >= 15 is 0 Å². The Morgan fingerprint density at radius 1 is 1.11 bits per heavy atom. The number of unbranched alkanes of at least 4 members (excludes halogenated alkanes) is 1. The lowest BCUT2D eigenvalue weighted by Crippen LogP contribution is -2.54. The van der Waals surface area contributed by atoms with Crippen molar-refractivity contribution < 1.29 is 19.5 Å². The van der Waals surface area contributed by atoms with Gasteiger partial charge in [0.1, 0.15) is 12.6 Å². The Morgan fingerprint density at radius 2 is 1.75 bits per heavy atom. The maximum absolute atomic E-state index is 12.8. The van der Waals surface area contributed by atoms with Gasteiger partial charge in [0.15, 0.2) is 5.78 Å². The molecule has 0 aliphatic rings. The molecule has 28 heavy (non-hydrogen) atoms. The third kappa shape index (κ3) is 7.05. The first-order valence-electron chi connectivity index (χ1n) is 9.91. The largest absolute Gasteiger partial charge is 0.389 e. The van der Waals surface area contributed by atoms with Gasteiger partial charge in [0.05, 0.1) is 6.04 Å². The Balaban J connectivity index is 2.91. The lowest BCUT2D eigenvalue weighted by molar-refractivity contribution is -0.131. The molecule has 0 heterocycles. The fourth-order valence-corrected chi connectivity index (χ4v) is 2.81. The first kappa shape index (κ1) is 23.8. The van der Waals surface area contributed by atoms with Crippen LogP contribution >= 0.6 is 0 Å². The fraction of sp³-hybridized carbons (Fsp3) is 0.571. The van der Waals surface area contributed by atoms with E-state index in [2.05, 4.69) is 10.6 Å². The van der Waals surface area contributed by atoms with Gasteiger partial charge in [-0.25, -0.2) is 0 Å². The highest BCUT2D eigenvalue weighted by molar-refractivity contribution is 5.98. The second-order valence-electron chi connectivity index (χ2n) is 7.07. The van der Waals surface area contributed by atoms with Gasteiger partial charge in [0, 0.05) is 12.1 Å². The molecule has 156 valence electrons. The average Bonchev–Trinajstić information content (AvgIpc) is 2.73. The number of amides is 2. The second-order valence-corrected chi connectivity index (χ2v) is 7.07. The number of aliphatic hydroxyl groups excluding tert-OH is 1. The molecule has 0 spiro atoms. The van der Waals surface area contributed by atoms with Crippen LogP contribution in [0, 0.1) is 5.92 Å². The van der Waals surface area contributed by atoms with E-state index in [1.165, 1.54) is 0 Å². The van der Waals surface area contributed by atoms with Crippen LogP contribution in [0.25, 0.3) is 0 Å². The van der Waals surface area contributed by atoms with Crippen LogP contribution in [0.15, 0.2) is 24.3 Å². The van der Waals surface area contributed by atoms with Crippen molar-refractivity contribution >= 4 is 17.6 Å². The summed E-state index contributed by atoms with van der Waals surface area (Å²) in [6.07, 6.45) is 2.77. The lowest BCUT2D eigenvalue weighted by atomic mass is 9.96. The number of Topliss-reactive ketones (excluding diaryl/α,β-unsaturated/α-hetero) is 1. The minimum atomic E-state index is -0.776. The van der Waals surface area contributed by atoms with E-state index in [9.17, 15) is 14.4 Å². The predicted octanol–water partition coefficient (Wildman–Crippen LogP) is 1.53. The number of nitrogens with one attached hydrogen (secondary N) is 2. The highest BCUT2D eigenvalue weighted by Gasteiger charge is 2.29. The van der Waals surface area contributed by atoms with Crippen LogP contribution in [0.4, 0.5) is 0 Å². The van der Waals surface area contributed by atoms with Gasteiger partial charge in [-0.15, -0.1) is 0 Å². The Morgan fingerprint density at radius 3 is 2.25 bits per heavy atom. The maximum atomic E-state index is 12.8. The SMILES string of the molecule is CCCC[C@H](NC(=O)[C@@H](NC(=O)c1ccc(CN)cc1)[C@H](C)CC)C(=O)CO. The molecule has 0 aliphatic carbocycles. The number of benzene rings is 1. The average molecular weight is 392 g/mol. The molecule has 0 bridgehead atoms. The molecular weight excluding hydrogens is 358 g/mol. The Kier molecular flexibility index (Phi) is 10.4. The topological polar surface area (TPSA) is 122 Å². The summed E-state index contributed by atoms with van der Waals surface area (Å²) in [7, 11) is 0. The molecule has 7 heteroatoms. The van der Waals surface area contributed by atoms with Crippen molar-refractivity contribution in [2.75, 3.05) is 6.61 Å². The van der Waals surface area contributed by atoms with E-state index in [0.717, 1.165) is 18.4 Å². The van der Waals surface area contributed by atoms with Crippen LogP contribution in [-0.2, 0) is 16.1 Å². The first-order chi connectivity index (χ1) is 13.4. The molecule has 1 aromatic rings. The van der Waals surface area contributed by atoms with Gasteiger partial charge in [0.25, 0.3) is 5.91 Å². The van der Waals surface area contributed by atoms with Gasteiger partial charge >= 0.3 is 0 Å². The third-order valence-electron chi connectivity index (χ3n) is 4.94. The highest BCUT2D eigenvalue weighted by atomic mass is 16.3. The van der Waals surface area contributed by atoms with Gasteiger partial charge in [-0.3, -0.25) is 14.4 Å². The molecule has 0 unspecified atom stereocenters. The van der Waals surface area contributed by atoms with Gasteiger partial charge < -0.3 is 21.5 Å². The molecule has 0 fully saturated rings. The van der Waals surface area contributed by atoms with E-state index in [1.807, 2.05) is 20.8 Å². The standard InChI is InChI=1S/C21H33N3O4/c1-4-6-7-17(18(26)13-25)23-21(28)19(14(3)5-2)24-20(27)16-10-8-15(12-22)9-11-16/h8-11,14,17,19,25H,4-7,12-13,22H2,1-3H3,(H,23,28)(H,24,27)/t14-,17+,19+/m1/s1. The van der Waals surface area contributed by atoms with E-state index < -0.39 is 30.4 Å². The normalized spacial score (nSPS) is 14.0. The molecule has 0 aliphatic heterocycles. The zero-order valence-electron chi connectivity index (χ0n) is 17.0. The Labute approximate surface area is 167 Å². The van der Waals surface area contributed by atoms with Gasteiger partial charge in [-0.05, 0) is 30.0 Å². The van der Waals surface area contributed by atoms with Crippen molar-refractivity contribution in [1.29, 1.82) is 0 Å². The van der Waals surface area contributed by atoms with Crippen LogP contribution in [0.1, 0.15) is 62.4 Å². The summed E-state index contributed by atoms with van der Waals surface area (Å²) in [4.78, 5) is 37.4. The molecule has 0 aromatic heterocycles. The zero-order chi connectivity index (χ0) is 21.1. The summed E-state index contributed by atoms with van der Waals surface area (Å²) in [6, 6.07) is 5.36. The molecule has 0 saturated heterocycles. The number of carbonyl (C=O) groups is 3. The second kappa shape index (κ2) is 12.3. The van der Waals surface area contributed by atoms with E-state index in [4.69, 9.17) is 10.8 Å². The van der Waals surface area contributed by atoms with Crippen molar-refractivity contribution in [3.05, 3.63) is 35.4 Å². The van der Waals surface area contributed by atoms with E-state index in [1.54, 1.807) is 24.3 Å². The van der Waals surface area contributed by atoms with E-state index in [-0.39, 0.29) is 11.8 Å². The maximum Gasteiger partial charge on any atom is 0.251 e. The summed E-state index contributed by atoms with van der Waals surface area (Å²) in [6.45, 7) is 5.55. The quantitative estimate of drug-likeness (QED) is 0.430. The van der Waals surface area contributed by atoms with Crippen LogP contribution < -0.4 is 16.4 Å². The molecule has 1 rings (SSSR count). The molecule has 2 amide bonds. The minimum Gasteiger partial charge on any atom is -0.389 e. The van der Waals surface area contributed by atoms with Gasteiger partial charge in [0.2, 0.25) is 5.91 Å². The number of hydrogen-bond acceptors (Lipinski definition) is 5. The van der Waals surface area contributed by atoms with Crippen LogP contribution in [0.2, 0.25) is 0 Å². The lowest BCUT2D eigenvalue weighted by Gasteiger charge is -2.26. The number of ketones is 1. The predicted molar refractivity (Wildman–Crippen MR) is 109 cm³/mol. The van der Waals surface area contributed by atoms with Crippen molar-refractivity contribution in [2.45, 2.75) is 65.1 Å². The summed E-state index contributed by atoms with van der Waals surface area (Å²) < 4.78 is 0. The van der Waals surface area contributed by atoms with Crippen molar-refractivity contribution in [3.63, 3.8) is 0 Å². The zero-order valence-corrected chi connectivity index (χ0v) is 17.0. The third-order valence-corrected chi connectivity index (χ3v) is 4.94. The minimum absolute atomic E-state index is 0.122. The van der Waals surface area contributed by atoms with Crippen molar-refractivity contribution in [2.24, 2.45) is 11.7 Å². The molecule has 7 nitrogen and oxygen atoms in total. The molecule has 1 aromatic carbocycles.